The number of thiocarbonyl (C=S) groups is 1. The van der Waals surface area contributed by atoms with Gasteiger partial charge in [-0.05, 0) is 50.2 Å². The lowest BCUT2D eigenvalue weighted by atomic mass is 10.2. The van der Waals surface area contributed by atoms with E-state index in [2.05, 4.69) is 16.0 Å². The number of hydrogen-bond donors (Lipinski definition) is 3. The SMILES string of the molecule is CCCNC(=O)[C@@H](C)NC(=S)Nc1cccc(C)c1. The first-order valence-electron chi connectivity index (χ1n) is 6.44. The molecule has 0 fully saturated rings. The van der Waals surface area contributed by atoms with Gasteiger partial charge in [-0.25, -0.2) is 0 Å². The predicted molar refractivity (Wildman–Crippen MR) is 83.3 cm³/mol. The van der Waals surface area contributed by atoms with Gasteiger partial charge in [-0.3, -0.25) is 4.79 Å². The van der Waals surface area contributed by atoms with Crippen LogP contribution in [0.15, 0.2) is 24.3 Å². The summed E-state index contributed by atoms with van der Waals surface area (Å²) >= 11 is 5.19. The van der Waals surface area contributed by atoms with E-state index in [4.69, 9.17) is 12.2 Å². The molecular formula is C14H21N3OS. The Morgan fingerprint density at radius 1 is 1.42 bits per heavy atom. The molecule has 0 aliphatic heterocycles. The van der Waals surface area contributed by atoms with Gasteiger partial charge < -0.3 is 16.0 Å². The second kappa shape index (κ2) is 7.74. The standard InChI is InChI=1S/C14H21N3OS/c1-4-8-15-13(18)11(3)16-14(19)17-12-7-5-6-10(2)9-12/h5-7,9,11H,4,8H2,1-3H3,(H,15,18)(H2,16,17,19)/t11-/m1/s1. The Morgan fingerprint density at radius 3 is 2.79 bits per heavy atom. The fourth-order valence-electron chi connectivity index (χ4n) is 1.55. The van der Waals surface area contributed by atoms with Crippen LogP contribution < -0.4 is 16.0 Å². The van der Waals surface area contributed by atoms with Gasteiger partial charge in [0, 0.05) is 12.2 Å². The molecule has 0 heterocycles. The number of nitrogens with one attached hydrogen (secondary N) is 3. The summed E-state index contributed by atoms with van der Waals surface area (Å²) in [5.74, 6) is -0.0461. The third-order valence-electron chi connectivity index (χ3n) is 2.57. The third-order valence-corrected chi connectivity index (χ3v) is 2.79. The summed E-state index contributed by atoms with van der Waals surface area (Å²) in [6, 6.07) is 7.55. The Hall–Kier alpha value is -1.62. The summed E-state index contributed by atoms with van der Waals surface area (Å²) in [7, 11) is 0. The molecule has 1 aromatic carbocycles. The van der Waals surface area contributed by atoms with Crippen LogP contribution in [0.1, 0.15) is 25.8 Å². The number of benzene rings is 1. The van der Waals surface area contributed by atoms with Crippen LogP contribution in [-0.2, 0) is 4.79 Å². The van der Waals surface area contributed by atoms with Crippen molar-refractivity contribution in [3.05, 3.63) is 29.8 Å². The minimum absolute atomic E-state index is 0.0461. The maximum atomic E-state index is 11.7. The van der Waals surface area contributed by atoms with E-state index in [0.717, 1.165) is 17.7 Å². The number of hydrogen-bond acceptors (Lipinski definition) is 2. The topological polar surface area (TPSA) is 53.2 Å². The molecule has 0 bridgehead atoms. The van der Waals surface area contributed by atoms with Crippen LogP contribution in [0.4, 0.5) is 5.69 Å². The van der Waals surface area contributed by atoms with Crippen LogP contribution in [0.25, 0.3) is 0 Å². The highest BCUT2D eigenvalue weighted by molar-refractivity contribution is 7.80. The maximum Gasteiger partial charge on any atom is 0.242 e. The monoisotopic (exact) mass is 279 g/mol. The van der Waals surface area contributed by atoms with E-state index < -0.39 is 0 Å². The normalized spacial score (nSPS) is 11.5. The van der Waals surface area contributed by atoms with E-state index in [1.54, 1.807) is 6.92 Å². The van der Waals surface area contributed by atoms with E-state index in [1.165, 1.54) is 0 Å². The molecular weight excluding hydrogens is 258 g/mol. The van der Waals surface area contributed by atoms with Crippen LogP contribution in [0.2, 0.25) is 0 Å². The van der Waals surface area contributed by atoms with E-state index in [1.807, 2.05) is 38.1 Å². The van der Waals surface area contributed by atoms with Crippen LogP contribution in [0.5, 0.6) is 0 Å². The molecule has 0 aliphatic carbocycles. The summed E-state index contributed by atoms with van der Waals surface area (Å²) in [5.41, 5.74) is 2.07. The smallest absolute Gasteiger partial charge is 0.242 e. The van der Waals surface area contributed by atoms with E-state index in [9.17, 15) is 4.79 Å². The second-order valence-corrected chi connectivity index (χ2v) is 4.89. The molecule has 3 N–H and O–H groups in total. The van der Waals surface area contributed by atoms with E-state index in [0.29, 0.717) is 11.7 Å². The fraction of sp³-hybridized carbons (Fsp3) is 0.429. The molecule has 1 rings (SSSR count). The number of carbonyl (C=O) groups is 1. The van der Waals surface area contributed by atoms with Crippen LogP contribution in [0.3, 0.4) is 0 Å². The summed E-state index contributed by atoms with van der Waals surface area (Å²) in [6.07, 6.45) is 0.921. The fourth-order valence-corrected chi connectivity index (χ4v) is 1.85. The average molecular weight is 279 g/mol. The van der Waals surface area contributed by atoms with Crippen molar-refractivity contribution in [2.24, 2.45) is 0 Å². The lowest BCUT2D eigenvalue weighted by molar-refractivity contribution is -0.122. The van der Waals surface area contributed by atoms with Gasteiger partial charge in [0.2, 0.25) is 5.91 Å². The van der Waals surface area contributed by atoms with Crippen molar-refractivity contribution in [3.63, 3.8) is 0 Å². The Labute approximate surface area is 120 Å². The number of amides is 1. The van der Waals surface area contributed by atoms with Crippen molar-refractivity contribution in [2.75, 3.05) is 11.9 Å². The Kier molecular flexibility index (Phi) is 6.29. The second-order valence-electron chi connectivity index (χ2n) is 4.48. The number of carbonyl (C=O) groups excluding carboxylic acids is 1. The summed E-state index contributed by atoms with van der Waals surface area (Å²) < 4.78 is 0. The summed E-state index contributed by atoms with van der Waals surface area (Å²) in [4.78, 5) is 11.7. The molecule has 0 spiro atoms. The van der Waals surface area contributed by atoms with Gasteiger partial charge >= 0.3 is 0 Å². The first-order valence-corrected chi connectivity index (χ1v) is 6.85. The number of rotatable bonds is 5. The Bertz CT molecular complexity index is 448. The third kappa shape index (κ3) is 5.70. The van der Waals surface area contributed by atoms with Gasteiger partial charge in [-0.15, -0.1) is 0 Å². The lowest BCUT2D eigenvalue weighted by Gasteiger charge is -2.16. The minimum Gasteiger partial charge on any atom is -0.354 e. The molecule has 0 unspecified atom stereocenters. The van der Waals surface area contributed by atoms with Crippen molar-refractivity contribution in [2.45, 2.75) is 33.2 Å². The van der Waals surface area contributed by atoms with Crippen LogP contribution >= 0.6 is 12.2 Å². The van der Waals surface area contributed by atoms with Crippen LogP contribution in [-0.4, -0.2) is 23.6 Å². The van der Waals surface area contributed by atoms with Crippen molar-refractivity contribution in [1.29, 1.82) is 0 Å². The van der Waals surface area contributed by atoms with Gasteiger partial charge in [0.15, 0.2) is 5.11 Å². The van der Waals surface area contributed by atoms with Crippen molar-refractivity contribution in [1.82, 2.24) is 10.6 Å². The minimum atomic E-state index is -0.351. The molecule has 19 heavy (non-hydrogen) atoms. The average Bonchev–Trinajstić information content (AvgIpc) is 2.35. The molecule has 5 heteroatoms. The zero-order valence-corrected chi connectivity index (χ0v) is 12.4. The molecule has 4 nitrogen and oxygen atoms in total. The first-order chi connectivity index (χ1) is 9.02. The van der Waals surface area contributed by atoms with Gasteiger partial charge in [0.25, 0.3) is 0 Å². The van der Waals surface area contributed by atoms with Crippen molar-refractivity contribution in [3.8, 4) is 0 Å². The van der Waals surface area contributed by atoms with Gasteiger partial charge in [-0.2, -0.15) is 0 Å². The maximum absolute atomic E-state index is 11.7. The molecule has 0 saturated heterocycles. The molecule has 1 atom stereocenters. The highest BCUT2D eigenvalue weighted by atomic mass is 32.1. The van der Waals surface area contributed by atoms with Crippen molar-refractivity contribution >= 4 is 28.9 Å². The van der Waals surface area contributed by atoms with E-state index in [-0.39, 0.29) is 11.9 Å². The van der Waals surface area contributed by atoms with Gasteiger partial charge in [-0.1, -0.05) is 19.1 Å². The van der Waals surface area contributed by atoms with Crippen LogP contribution in [0, 0.1) is 6.92 Å². The molecule has 0 radical (unpaired) electrons. The van der Waals surface area contributed by atoms with E-state index >= 15 is 0 Å². The molecule has 104 valence electrons. The molecule has 0 aromatic heterocycles. The predicted octanol–water partition coefficient (Wildman–Crippen LogP) is 2.20. The zero-order valence-electron chi connectivity index (χ0n) is 11.6. The Balaban J connectivity index is 2.44. The quantitative estimate of drug-likeness (QED) is 0.723. The highest BCUT2D eigenvalue weighted by Gasteiger charge is 2.12. The summed E-state index contributed by atoms with van der Waals surface area (Å²) in [5, 5.41) is 9.30. The summed E-state index contributed by atoms with van der Waals surface area (Å²) in [6.45, 7) is 6.50. The molecule has 1 amide bonds. The van der Waals surface area contributed by atoms with Crippen molar-refractivity contribution < 1.29 is 4.79 Å². The number of anilines is 1. The van der Waals surface area contributed by atoms with Gasteiger partial charge in [0.1, 0.15) is 6.04 Å². The van der Waals surface area contributed by atoms with Gasteiger partial charge in [0.05, 0.1) is 0 Å². The highest BCUT2D eigenvalue weighted by Crippen LogP contribution is 2.09. The number of aryl methyl sites for hydroxylation is 1. The molecule has 0 saturated carbocycles. The zero-order chi connectivity index (χ0) is 14.3. The lowest BCUT2D eigenvalue weighted by Crippen LogP contribution is -2.46. The first kappa shape index (κ1) is 15.4. The molecule has 1 aromatic rings. The Morgan fingerprint density at radius 2 is 2.16 bits per heavy atom. The molecule has 0 aliphatic rings. The largest absolute Gasteiger partial charge is 0.354 e.